The average molecular weight is 279 g/mol. The molecule has 0 atom stereocenters. The summed E-state index contributed by atoms with van der Waals surface area (Å²) in [5.74, 6) is 2.21. The van der Waals surface area contributed by atoms with Gasteiger partial charge in [-0.15, -0.1) is 0 Å². The molecule has 0 spiro atoms. The molecule has 5 heteroatoms. The Morgan fingerprint density at radius 1 is 1.35 bits per heavy atom. The van der Waals surface area contributed by atoms with Crippen molar-refractivity contribution in [2.45, 2.75) is 39.5 Å². The first-order chi connectivity index (χ1) is 9.49. The predicted molar refractivity (Wildman–Crippen MR) is 85.0 cm³/mol. The van der Waals surface area contributed by atoms with Gasteiger partial charge in [0.1, 0.15) is 5.82 Å². The van der Waals surface area contributed by atoms with Gasteiger partial charge in [0.15, 0.2) is 0 Å². The number of aryl methyl sites for hydroxylation is 1. The predicted octanol–water partition coefficient (Wildman–Crippen LogP) is 2.27. The van der Waals surface area contributed by atoms with Crippen LogP contribution in [0.5, 0.6) is 0 Å². The number of nitrogens with two attached hydrogens (primary N) is 1. The van der Waals surface area contributed by atoms with E-state index in [1.54, 1.807) is 0 Å². The summed E-state index contributed by atoms with van der Waals surface area (Å²) in [5.41, 5.74) is 7.97. The molecular weight excluding hydrogens is 250 g/mol. The third-order valence-electron chi connectivity index (χ3n) is 4.26. The third-order valence-corrected chi connectivity index (χ3v) is 4.26. The summed E-state index contributed by atoms with van der Waals surface area (Å²) in [6, 6.07) is 0. The first-order valence-corrected chi connectivity index (χ1v) is 7.77. The zero-order valence-corrected chi connectivity index (χ0v) is 13.3. The fourth-order valence-corrected chi connectivity index (χ4v) is 2.82. The van der Waals surface area contributed by atoms with Gasteiger partial charge in [0.2, 0.25) is 0 Å². The van der Waals surface area contributed by atoms with Crippen molar-refractivity contribution in [2.24, 2.45) is 13.0 Å². The van der Waals surface area contributed by atoms with Crippen LogP contribution in [0.15, 0.2) is 0 Å². The van der Waals surface area contributed by atoms with E-state index in [1.165, 1.54) is 25.9 Å². The van der Waals surface area contributed by atoms with Crippen LogP contribution in [0.25, 0.3) is 0 Å². The van der Waals surface area contributed by atoms with Gasteiger partial charge in [0.05, 0.1) is 11.4 Å². The molecule has 0 radical (unpaired) electrons. The van der Waals surface area contributed by atoms with Crippen LogP contribution in [0.3, 0.4) is 0 Å². The number of piperidine rings is 1. The molecule has 114 valence electrons. The number of nitrogens with zero attached hydrogens (tertiary/aromatic N) is 3. The maximum absolute atomic E-state index is 6.18. The molecule has 1 saturated heterocycles. The van der Waals surface area contributed by atoms with E-state index in [0.29, 0.717) is 5.92 Å². The largest absolute Gasteiger partial charge is 0.394 e. The first kappa shape index (κ1) is 15.2. The monoisotopic (exact) mass is 279 g/mol. The fourth-order valence-electron chi connectivity index (χ4n) is 2.82. The number of likely N-dealkylation sites (tertiary alicyclic amines) is 1. The van der Waals surface area contributed by atoms with Crippen molar-refractivity contribution >= 4 is 11.5 Å². The van der Waals surface area contributed by atoms with Crippen LogP contribution >= 0.6 is 0 Å². The maximum Gasteiger partial charge on any atom is 0.147 e. The summed E-state index contributed by atoms with van der Waals surface area (Å²) in [6.45, 7) is 11.0. The van der Waals surface area contributed by atoms with Crippen molar-refractivity contribution in [3.63, 3.8) is 0 Å². The minimum absolute atomic E-state index is 0.361. The van der Waals surface area contributed by atoms with Gasteiger partial charge in [0.25, 0.3) is 0 Å². The highest BCUT2D eigenvalue weighted by Crippen LogP contribution is 2.27. The average Bonchev–Trinajstić information content (AvgIpc) is 2.69. The molecule has 0 unspecified atom stereocenters. The zero-order valence-electron chi connectivity index (χ0n) is 13.3. The SMILES string of the molecule is CC1CCN(CCNc2c(N)c(C(C)C)nn2C)CC1. The van der Waals surface area contributed by atoms with Crippen LogP contribution in [0.2, 0.25) is 0 Å². The Morgan fingerprint density at radius 3 is 2.55 bits per heavy atom. The fraction of sp³-hybridized carbons (Fsp3) is 0.800. The number of hydrogen-bond acceptors (Lipinski definition) is 4. The standard InChI is InChI=1S/C15H29N5/c1-11(2)14-13(16)15(19(4)18-14)17-7-10-20-8-5-12(3)6-9-20/h11-12,17H,5-10,16H2,1-4H3. The molecular formula is C15H29N5. The number of hydrogen-bond donors (Lipinski definition) is 2. The van der Waals surface area contributed by atoms with Crippen LogP contribution in [0.4, 0.5) is 11.5 Å². The Balaban J connectivity index is 1.85. The highest BCUT2D eigenvalue weighted by molar-refractivity contribution is 5.65. The molecule has 0 bridgehead atoms. The minimum Gasteiger partial charge on any atom is -0.394 e. The molecule has 1 aliphatic heterocycles. The lowest BCUT2D eigenvalue weighted by Gasteiger charge is -2.30. The second-order valence-corrected chi connectivity index (χ2v) is 6.38. The van der Waals surface area contributed by atoms with Crippen molar-refractivity contribution in [3.8, 4) is 0 Å². The molecule has 2 heterocycles. The van der Waals surface area contributed by atoms with Gasteiger partial charge in [-0.05, 0) is 37.8 Å². The molecule has 1 aromatic heterocycles. The van der Waals surface area contributed by atoms with Crippen LogP contribution in [-0.2, 0) is 7.05 Å². The van der Waals surface area contributed by atoms with E-state index in [9.17, 15) is 0 Å². The number of rotatable bonds is 5. The van der Waals surface area contributed by atoms with E-state index >= 15 is 0 Å². The molecule has 1 aliphatic rings. The van der Waals surface area contributed by atoms with E-state index < -0.39 is 0 Å². The van der Waals surface area contributed by atoms with Crippen LogP contribution in [-0.4, -0.2) is 40.9 Å². The Labute approximate surface area is 122 Å². The van der Waals surface area contributed by atoms with Crippen molar-refractivity contribution in [3.05, 3.63) is 5.69 Å². The molecule has 5 nitrogen and oxygen atoms in total. The Morgan fingerprint density at radius 2 is 2.00 bits per heavy atom. The van der Waals surface area contributed by atoms with Gasteiger partial charge < -0.3 is 16.0 Å². The highest BCUT2D eigenvalue weighted by atomic mass is 15.3. The van der Waals surface area contributed by atoms with E-state index in [-0.39, 0.29) is 0 Å². The molecule has 0 aliphatic carbocycles. The maximum atomic E-state index is 6.18. The molecule has 1 aromatic rings. The summed E-state index contributed by atoms with van der Waals surface area (Å²) in [5, 5.41) is 7.95. The van der Waals surface area contributed by atoms with Gasteiger partial charge in [0, 0.05) is 20.1 Å². The van der Waals surface area contributed by atoms with E-state index in [2.05, 4.69) is 36.1 Å². The molecule has 2 rings (SSSR count). The van der Waals surface area contributed by atoms with Gasteiger partial charge >= 0.3 is 0 Å². The van der Waals surface area contributed by atoms with Crippen LogP contribution in [0.1, 0.15) is 45.2 Å². The summed E-state index contributed by atoms with van der Waals surface area (Å²) in [4.78, 5) is 2.53. The van der Waals surface area contributed by atoms with E-state index in [0.717, 1.165) is 36.2 Å². The van der Waals surface area contributed by atoms with Gasteiger partial charge in [-0.3, -0.25) is 4.68 Å². The topological polar surface area (TPSA) is 59.1 Å². The normalized spacial score (nSPS) is 17.9. The summed E-state index contributed by atoms with van der Waals surface area (Å²) >= 11 is 0. The first-order valence-electron chi connectivity index (χ1n) is 7.77. The molecule has 0 aromatic carbocycles. The van der Waals surface area contributed by atoms with Crippen LogP contribution < -0.4 is 11.1 Å². The van der Waals surface area contributed by atoms with Crippen molar-refractivity contribution < 1.29 is 0 Å². The molecule has 1 fully saturated rings. The van der Waals surface area contributed by atoms with E-state index in [1.807, 2.05) is 11.7 Å². The van der Waals surface area contributed by atoms with Crippen molar-refractivity contribution in [1.82, 2.24) is 14.7 Å². The lowest BCUT2D eigenvalue weighted by molar-refractivity contribution is 0.199. The van der Waals surface area contributed by atoms with Crippen LogP contribution in [0, 0.1) is 5.92 Å². The summed E-state index contributed by atoms with van der Waals surface area (Å²) in [6.07, 6.45) is 2.65. The van der Waals surface area contributed by atoms with E-state index in [4.69, 9.17) is 5.73 Å². The van der Waals surface area contributed by atoms with Gasteiger partial charge in [-0.2, -0.15) is 5.10 Å². The number of aromatic nitrogens is 2. The lowest BCUT2D eigenvalue weighted by Crippen LogP contribution is -2.36. The smallest absolute Gasteiger partial charge is 0.147 e. The Kier molecular flexibility index (Phi) is 4.91. The molecule has 0 saturated carbocycles. The van der Waals surface area contributed by atoms with Crippen molar-refractivity contribution in [1.29, 1.82) is 0 Å². The zero-order chi connectivity index (χ0) is 14.7. The quantitative estimate of drug-likeness (QED) is 0.868. The molecule has 3 N–H and O–H groups in total. The molecule has 0 amide bonds. The third kappa shape index (κ3) is 3.45. The Bertz CT molecular complexity index is 430. The number of anilines is 2. The second kappa shape index (κ2) is 6.48. The minimum atomic E-state index is 0.361. The molecule has 20 heavy (non-hydrogen) atoms. The number of nitrogen functional groups attached to an aromatic ring is 1. The summed E-state index contributed by atoms with van der Waals surface area (Å²) in [7, 11) is 1.95. The van der Waals surface area contributed by atoms with Gasteiger partial charge in [-0.25, -0.2) is 0 Å². The second-order valence-electron chi connectivity index (χ2n) is 6.38. The Hall–Kier alpha value is -1.23. The number of nitrogens with one attached hydrogen (secondary N) is 1. The van der Waals surface area contributed by atoms with Crippen molar-refractivity contribution in [2.75, 3.05) is 37.2 Å². The summed E-state index contributed by atoms with van der Waals surface area (Å²) < 4.78 is 1.86. The lowest BCUT2D eigenvalue weighted by atomic mass is 9.99. The highest BCUT2D eigenvalue weighted by Gasteiger charge is 2.17. The van der Waals surface area contributed by atoms with Gasteiger partial charge in [-0.1, -0.05) is 20.8 Å².